The molecule has 0 bridgehead atoms. The maximum Gasteiger partial charge on any atom is 0.267 e. The summed E-state index contributed by atoms with van der Waals surface area (Å²) in [5.41, 5.74) is 2.59. The van der Waals surface area contributed by atoms with E-state index in [-0.39, 0.29) is 11.7 Å². The van der Waals surface area contributed by atoms with Gasteiger partial charge in [-0.25, -0.2) is 4.99 Å². The van der Waals surface area contributed by atoms with Crippen LogP contribution in [0.4, 0.5) is 5.69 Å². The summed E-state index contributed by atoms with van der Waals surface area (Å²) in [5, 5.41) is 10.0. The first-order chi connectivity index (χ1) is 13.6. The third-order valence-corrected chi connectivity index (χ3v) is 5.25. The predicted octanol–water partition coefficient (Wildman–Crippen LogP) is 4.50. The van der Waals surface area contributed by atoms with E-state index in [4.69, 9.17) is 4.74 Å². The molecule has 0 saturated carbocycles. The van der Waals surface area contributed by atoms with E-state index in [9.17, 15) is 9.90 Å². The number of ether oxygens (including phenoxy) is 1. The number of amidine groups is 1. The molecular formula is C22H18N2O3S. The first-order valence-corrected chi connectivity index (χ1v) is 9.58. The summed E-state index contributed by atoms with van der Waals surface area (Å²) >= 11 is 1.32. The molecule has 0 atom stereocenters. The van der Waals surface area contributed by atoms with Crippen LogP contribution in [0.5, 0.6) is 11.5 Å². The zero-order valence-corrected chi connectivity index (χ0v) is 15.9. The van der Waals surface area contributed by atoms with Crippen molar-refractivity contribution in [1.82, 2.24) is 4.90 Å². The molecule has 1 saturated heterocycles. The number of carbonyl (C=O) groups is 1. The first kappa shape index (κ1) is 18.1. The summed E-state index contributed by atoms with van der Waals surface area (Å²) in [6.07, 6.45) is 5.57. The van der Waals surface area contributed by atoms with Gasteiger partial charge < -0.3 is 9.84 Å². The molecule has 2 heterocycles. The maximum atomic E-state index is 12.9. The molecule has 0 spiro atoms. The van der Waals surface area contributed by atoms with Crippen molar-refractivity contribution < 1.29 is 14.6 Å². The van der Waals surface area contributed by atoms with Crippen LogP contribution in [0.3, 0.4) is 0 Å². The number of thioether (sulfide) groups is 1. The molecule has 2 aliphatic heterocycles. The zero-order chi connectivity index (χ0) is 19.5. The van der Waals surface area contributed by atoms with Gasteiger partial charge in [0.25, 0.3) is 5.91 Å². The molecule has 4 rings (SSSR count). The predicted molar refractivity (Wildman–Crippen MR) is 113 cm³/mol. The van der Waals surface area contributed by atoms with Crippen LogP contribution in [0.15, 0.2) is 82.7 Å². The number of aromatic hydroxyl groups is 1. The van der Waals surface area contributed by atoms with E-state index in [2.05, 4.69) is 11.6 Å². The lowest BCUT2D eigenvalue weighted by Crippen LogP contribution is -2.29. The molecule has 140 valence electrons. The minimum atomic E-state index is -0.109. The standard InChI is InChI=1S/C22H18N2O3S/c1-2-11-24-21(26)20(28-22(24)23-17-7-9-18(25)10-8-17)13-15-12-16-5-3-4-6-19(16)27-14-15/h2-10,12-13,25H,1,11,14H2/b20-13-,23-22?. The Labute approximate surface area is 167 Å². The Morgan fingerprint density at radius 3 is 2.79 bits per heavy atom. The second-order valence-corrected chi connectivity index (χ2v) is 7.28. The van der Waals surface area contributed by atoms with Crippen molar-refractivity contribution in [1.29, 1.82) is 0 Å². The zero-order valence-electron chi connectivity index (χ0n) is 15.0. The second kappa shape index (κ2) is 7.78. The van der Waals surface area contributed by atoms with Crippen molar-refractivity contribution in [2.24, 2.45) is 4.99 Å². The highest BCUT2D eigenvalue weighted by Crippen LogP contribution is 2.35. The Morgan fingerprint density at radius 2 is 2.00 bits per heavy atom. The summed E-state index contributed by atoms with van der Waals surface area (Å²) in [7, 11) is 0. The quantitative estimate of drug-likeness (QED) is 0.617. The number of para-hydroxylation sites is 1. The first-order valence-electron chi connectivity index (χ1n) is 8.76. The van der Waals surface area contributed by atoms with Crippen LogP contribution in [0.25, 0.3) is 6.08 Å². The fourth-order valence-corrected chi connectivity index (χ4v) is 3.93. The number of nitrogens with zero attached hydrogens (tertiary/aromatic N) is 2. The molecule has 0 aromatic heterocycles. The Kier molecular flexibility index (Phi) is 5.04. The number of phenolic OH excluding ortho intramolecular Hbond substituents is 1. The SMILES string of the molecule is C=CCN1C(=O)/C(=C/C2=Cc3ccccc3OC2)SC1=Nc1ccc(O)cc1. The molecule has 2 aliphatic rings. The molecule has 2 aromatic rings. The Balaban J connectivity index is 1.64. The molecule has 0 radical (unpaired) electrons. The molecule has 0 aliphatic carbocycles. The third-order valence-electron chi connectivity index (χ3n) is 4.24. The van der Waals surface area contributed by atoms with Crippen LogP contribution >= 0.6 is 11.8 Å². The van der Waals surface area contributed by atoms with Gasteiger partial charge in [0.1, 0.15) is 18.1 Å². The minimum Gasteiger partial charge on any atom is -0.508 e. The highest BCUT2D eigenvalue weighted by atomic mass is 32.2. The van der Waals surface area contributed by atoms with E-state index in [0.717, 1.165) is 16.9 Å². The van der Waals surface area contributed by atoms with Gasteiger partial charge in [-0.2, -0.15) is 0 Å². The molecule has 2 aromatic carbocycles. The number of rotatable bonds is 4. The number of hydrogen-bond donors (Lipinski definition) is 1. The monoisotopic (exact) mass is 390 g/mol. The average Bonchev–Trinajstić information content (AvgIpc) is 2.99. The van der Waals surface area contributed by atoms with E-state index in [1.54, 1.807) is 35.2 Å². The van der Waals surface area contributed by atoms with Crippen LogP contribution in [0.1, 0.15) is 5.56 Å². The van der Waals surface area contributed by atoms with Crippen molar-refractivity contribution in [2.75, 3.05) is 13.2 Å². The van der Waals surface area contributed by atoms with Gasteiger partial charge in [-0.15, -0.1) is 6.58 Å². The smallest absolute Gasteiger partial charge is 0.267 e. The lowest BCUT2D eigenvalue weighted by molar-refractivity contribution is -0.121. The van der Waals surface area contributed by atoms with Gasteiger partial charge >= 0.3 is 0 Å². The number of carbonyl (C=O) groups excluding carboxylic acids is 1. The molecule has 0 unspecified atom stereocenters. The molecule has 5 nitrogen and oxygen atoms in total. The number of amides is 1. The normalized spacial score (nSPS) is 18.8. The van der Waals surface area contributed by atoms with Crippen LogP contribution < -0.4 is 4.74 Å². The molecule has 1 amide bonds. The van der Waals surface area contributed by atoms with Gasteiger partial charge in [-0.05, 0) is 59.8 Å². The van der Waals surface area contributed by atoms with E-state index in [1.165, 1.54) is 11.8 Å². The van der Waals surface area contributed by atoms with Gasteiger partial charge in [0, 0.05) is 12.1 Å². The summed E-state index contributed by atoms with van der Waals surface area (Å²) < 4.78 is 5.77. The van der Waals surface area contributed by atoms with E-state index in [0.29, 0.717) is 28.9 Å². The van der Waals surface area contributed by atoms with Gasteiger partial charge in [0.05, 0.1) is 10.6 Å². The lowest BCUT2D eigenvalue weighted by Gasteiger charge is -2.16. The number of aliphatic imine (C=N–C) groups is 1. The summed E-state index contributed by atoms with van der Waals surface area (Å²) in [4.78, 5) is 19.6. The topological polar surface area (TPSA) is 62.1 Å². The largest absolute Gasteiger partial charge is 0.508 e. The van der Waals surface area contributed by atoms with Gasteiger partial charge in [0.15, 0.2) is 5.17 Å². The van der Waals surface area contributed by atoms with E-state index in [1.807, 2.05) is 36.4 Å². The molecule has 1 fully saturated rings. The summed E-state index contributed by atoms with van der Waals surface area (Å²) in [6, 6.07) is 14.3. The van der Waals surface area contributed by atoms with Crippen molar-refractivity contribution in [3.8, 4) is 11.5 Å². The molecule has 28 heavy (non-hydrogen) atoms. The van der Waals surface area contributed by atoms with Gasteiger partial charge in [0.2, 0.25) is 0 Å². The fraction of sp³-hybridized carbons (Fsp3) is 0.0909. The molecular weight excluding hydrogens is 372 g/mol. The van der Waals surface area contributed by atoms with Crippen LogP contribution in [0.2, 0.25) is 0 Å². The van der Waals surface area contributed by atoms with E-state index >= 15 is 0 Å². The maximum absolute atomic E-state index is 12.9. The number of phenols is 1. The van der Waals surface area contributed by atoms with Crippen LogP contribution in [0, 0.1) is 0 Å². The highest BCUT2D eigenvalue weighted by molar-refractivity contribution is 8.18. The Hall–Kier alpha value is -3.25. The van der Waals surface area contributed by atoms with Crippen LogP contribution in [-0.4, -0.2) is 34.2 Å². The molecule has 6 heteroatoms. The number of benzene rings is 2. The van der Waals surface area contributed by atoms with E-state index < -0.39 is 0 Å². The average molecular weight is 390 g/mol. The molecule has 1 N–H and O–H groups in total. The lowest BCUT2D eigenvalue weighted by atomic mass is 10.1. The fourth-order valence-electron chi connectivity index (χ4n) is 2.90. The van der Waals surface area contributed by atoms with Gasteiger partial charge in [-0.3, -0.25) is 9.69 Å². The van der Waals surface area contributed by atoms with Gasteiger partial charge in [-0.1, -0.05) is 24.3 Å². The number of hydrogen-bond acceptors (Lipinski definition) is 5. The third kappa shape index (κ3) is 3.73. The van der Waals surface area contributed by atoms with Crippen LogP contribution in [-0.2, 0) is 4.79 Å². The van der Waals surface area contributed by atoms with Crippen molar-refractivity contribution in [3.63, 3.8) is 0 Å². The summed E-state index contributed by atoms with van der Waals surface area (Å²) in [6.45, 7) is 4.53. The highest BCUT2D eigenvalue weighted by Gasteiger charge is 2.33. The Morgan fingerprint density at radius 1 is 1.21 bits per heavy atom. The second-order valence-electron chi connectivity index (χ2n) is 6.27. The van der Waals surface area contributed by atoms with Crippen molar-refractivity contribution in [2.45, 2.75) is 0 Å². The minimum absolute atomic E-state index is 0.109. The number of fused-ring (bicyclic) bond motifs is 1. The summed E-state index contributed by atoms with van der Waals surface area (Å²) in [5.74, 6) is 0.909. The van der Waals surface area contributed by atoms with Crippen molar-refractivity contribution in [3.05, 3.63) is 83.3 Å². The Bertz CT molecular complexity index is 1020. The van der Waals surface area contributed by atoms with Crippen molar-refractivity contribution >= 4 is 34.6 Å².